The summed E-state index contributed by atoms with van der Waals surface area (Å²) < 4.78 is 6.61. The van der Waals surface area contributed by atoms with Crippen molar-refractivity contribution in [2.45, 2.75) is 32.7 Å². The fraction of sp³-hybridized carbons (Fsp3) is 0.400. The van der Waals surface area contributed by atoms with Gasteiger partial charge in [-0.25, -0.2) is 4.79 Å². The van der Waals surface area contributed by atoms with Gasteiger partial charge in [0.15, 0.2) is 0 Å². The van der Waals surface area contributed by atoms with Crippen molar-refractivity contribution in [2.24, 2.45) is 7.05 Å². The molecule has 0 radical (unpaired) electrons. The van der Waals surface area contributed by atoms with Crippen molar-refractivity contribution < 1.29 is 19.1 Å². The Kier molecular flexibility index (Phi) is 4.07. The summed E-state index contributed by atoms with van der Waals surface area (Å²) in [6.45, 7) is 6.18. The molecule has 2 rings (SSSR count). The lowest BCUT2D eigenvalue weighted by molar-refractivity contribution is 0.0660. The summed E-state index contributed by atoms with van der Waals surface area (Å²) in [4.78, 5) is 22.9. The molecule has 0 saturated heterocycles. The fourth-order valence-corrected chi connectivity index (χ4v) is 1.89. The molecule has 2 heterocycles. The number of hydrogen-bond donors (Lipinski definition) is 2. The van der Waals surface area contributed by atoms with E-state index < -0.39 is 5.97 Å². The predicted octanol–water partition coefficient (Wildman–Crippen LogP) is 1.94. The van der Waals surface area contributed by atoms with Crippen LogP contribution in [0.25, 0.3) is 0 Å². The van der Waals surface area contributed by atoms with Crippen LogP contribution in [0.1, 0.15) is 53.3 Å². The number of furan rings is 1. The molecule has 2 aromatic rings. The smallest absolute Gasteiger partial charge is 0.371 e. The minimum Gasteiger partial charge on any atom is -0.475 e. The Balaban J connectivity index is 2.06. The van der Waals surface area contributed by atoms with Crippen molar-refractivity contribution in [2.75, 3.05) is 0 Å². The van der Waals surface area contributed by atoms with Crippen molar-refractivity contribution in [3.05, 3.63) is 41.1 Å². The van der Waals surface area contributed by atoms with Gasteiger partial charge in [0.25, 0.3) is 5.91 Å². The minimum absolute atomic E-state index is 0.113. The first-order valence-electron chi connectivity index (χ1n) is 6.83. The van der Waals surface area contributed by atoms with Gasteiger partial charge >= 0.3 is 5.97 Å². The zero-order chi connectivity index (χ0) is 16.5. The van der Waals surface area contributed by atoms with Crippen LogP contribution in [0.2, 0.25) is 0 Å². The van der Waals surface area contributed by atoms with Gasteiger partial charge in [-0.05, 0) is 18.2 Å². The van der Waals surface area contributed by atoms with E-state index in [1.165, 1.54) is 16.8 Å². The van der Waals surface area contributed by atoms with E-state index in [-0.39, 0.29) is 23.6 Å². The van der Waals surface area contributed by atoms with Crippen LogP contribution in [-0.4, -0.2) is 26.8 Å². The third kappa shape index (κ3) is 3.36. The number of nitrogens with one attached hydrogen (secondary N) is 1. The lowest BCUT2D eigenvalue weighted by Crippen LogP contribution is -2.24. The lowest BCUT2D eigenvalue weighted by Gasteiger charge is -2.13. The van der Waals surface area contributed by atoms with Crippen molar-refractivity contribution in [1.29, 1.82) is 0 Å². The summed E-state index contributed by atoms with van der Waals surface area (Å²) in [6.07, 6.45) is 0. The second-order valence-electron chi connectivity index (χ2n) is 6.04. The first kappa shape index (κ1) is 15.8. The molecule has 7 heteroatoms. The number of carbonyl (C=O) groups excluding carboxylic acids is 1. The number of rotatable bonds is 4. The maximum atomic E-state index is 12.2. The van der Waals surface area contributed by atoms with E-state index in [1.54, 1.807) is 13.1 Å². The molecular weight excluding hydrogens is 286 g/mol. The summed E-state index contributed by atoms with van der Waals surface area (Å²) in [7, 11) is 1.71. The van der Waals surface area contributed by atoms with Crippen LogP contribution in [0, 0.1) is 0 Å². The number of aromatic carboxylic acids is 1. The van der Waals surface area contributed by atoms with Crippen LogP contribution in [0.15, 0.2) is 22.6 Å². The van der Waals surface area contributed by atoms with E-state index in [9.17, 15) is 9.59 Å². The zero-order valence-electron chi connectivity index (χ0n) is 13.0. The fourth-order valence-electron chi connectivity index (χ4n) is 1.89. The number of hydrogen-bond acceptors (Lipinski definition) is 4. The summed E-state index contributed by atoms with van der Waals surface area (Å²) in [5.74, 6) is -1.21. The first-order valence-corrected chi connectivity index (χ1v) is 6.83. The molecule has 0 atom stereocenters. The molecule has 0 aliphatic carbocycles. The number of carboxylic acid groups (broad SMARTS) is 1. The highest BCUT2D eigenvalue weighted by Gasteiger charge is 2.21. The Labute approximate surface area is 127 Å². The summed E-state index contributed by atoms with van der Waals surface area (Å²) in [5.41, 5.74) is 1.12. The van der Waals surface area contributed by atoms with E-state index in [0.717, 1.165) is 5.69 Å². The van der Waals surface area contributed by atoms with Crippen LogP contribution in [0.3, 0.4) is 0 Å². The monoisotopic (exact) mass is 305 g/mol. The van der Waals surface area contributed by atoms with E-state index in [1.807, 2.05) is 20.8 Å². The first-order chi connectivity index (χ1) is 10.2. The molecule has 2 N–H and O–H groups in total. The molecule has 2 aromatic heterocycles. The molecule has 0 spiro atoms. The summed E-state index contributed by atoms with van der Waals surface area (Å²) in [5, 5.41) is 15.8. The van der Waals surface area contributed by atoms with Crippen molar-refractivity contribution >= 4 is 11.9 Å². The molecule has 0 aliphatic heterocycles. The van der Waals surface area contributed by atoms with Crippen molar-refractivity contribution in [3.63, 3.8) is 0 Å². The second kappa shape index (κ2) is 5.67. The van der Waals surface area contributed by atoms with E-state index >= 15 is 0 Å². The second-order valence-corrected chi connectivity index (χ2v) is 6.04. The Hall–Kier alpha value is -2.57. The van der Waals surface area contributed by atoms with Crippen LogP contribution in [0.4, 0.5) is 0 Å². The summed E-state index contributed by atoms with van der Waals surface area (Å²) in [6, 6.07) is 4.62. The molecule has 1 amide bonds. The van der Waals surface area contributed by atoms with Gasteiger partial charge in [0.2, 0.25) is 5.76 Å². The Morgan fingerprint density at radius 2 is 2.05 bits per heavy atom. The Bertz CT molecular complexity index is 707. The van der Waals surface area contributed by atoms with Gasteiger partial charge in [0.05, 0.1) is 12.2 Å². The van der Waals surface area contributed by atoms with Gasteiger partial charge in [-0.15, -0.1) is 0 Å². The van der Waals surface area contributed by atoms with E-state index in [0.29, 0.717) is 11.5 Å². The molecule has 118 valence electrons. The van der Waals surface area contributed by atoms with Crippen LogP contribution < -0.4 is 5.32 Å². The van der Waals surface area contributed by atoms with E-state index in [2.05, 4.69) is 10.4 Å². The topological polar surface area (TPSA) is 97.4 Å². The predicted molar refractivity (Wildman–Crippen MR) is 78.7 cm³/mol. The SMILES string of the molecule is Cn1nc(C(C)(C)C)cc1C(=O)NCc1ccc(C(=O)O)o1. The maximum absolute atomic E-state index is 12.2. The standard InChI is InChI=1S/C15H19N3O4/c1-15(2,3)12-7-10(18(4)17-12)13(19)16-8-9-5-6-11(22-9)14(20)21/h5-7H,8H2,1-4H3,(H,16,19)(H,20,21). The molecule has 0 aliphatic rings. The number of aryl methyl sites for hydroxylation is 1. The van der Waals surface area contributed by atoms with Gasteiger partial charge in [-0.3, -0.25) is 9.48 Å². The maximum Gasteiger partial charge on any atom is 0.371 e. The van der Waals surface area contributed by atoms with Crippen molar-refractivity contribution in [1.82, 2.24) is 15.1 Å². The van der Waals surface area contributed by atoms with Crippen LogP contribution in [0.5, 0.6) is 0 Å². The third-order valence-electron chi connectivity index (χ3n) is 3.18. The highest BCUT2D eigenvalue weighted by Crippen LogP contribution is 2.21. The molecule has 0 aromatic carbocycles. The Morgan fingerprint density at radius 1 is 1.36 bits per heavy atom. The molecular formula is C15H19N3O4. The summed E-state index contributed by atoms with van der Waals surface area (Å²) >= 11 is 0. The third-order valence-corrected chi connectivity index (χ3v) is 3.18. The Morgan fingerprint density at radius 3 is 2.55 bits per heavy atom. The molecule has 22 heavy (non-hydrogen) atoms. The van der Waals surface area contributed by atoms with Crippen LogP contribution >= 0.6 is 0 Å². The van der Waals surface area contributed by atoms with Gasteiger partial charge in [-0.2, -0.15) is 5.10 Å². The largest absolute Gasteiger partial charge is 0.475 e. The highest BCUT2D eigenvalue weighted by atomic mass is 16.4. The number of amides is 1. The zero-order valence-corrected chi connectivity index (χ0v) is 13.0. The number of carbonyl (C=O) groups is 2. The van der Waals surface area contributed by atoms with E-state index in [4.69, 9.17) is 9.52 Å². The number of aromatic nitrogens is 2. The minimum atomic E-state index is -1.14. The quantitative estimate of drug-likeness (QED) is 0.899. The average molecular weight is 305 g/mol. The number of nitrogens with zero attached hydrogens (tertiary/aromatic N) is 2. The normalized spacial score (nSPS) is 11.5. The average Bonchev–Trinajstić information content (AvgIpc) is 3.01. The van der Waals surface area contributed by atoms with Crippen molar-refractivity contribution in [3.8, 4) is 0 Å². The number of carboxylic acids is 1. The molecule has 0 saturated carbocycles. The molecule has 0 bridgehead atoms. The highest BCUT2D eigenvalue weighted by molar-refractivity contribution is 5.92. The molecule has 7 nitrogen and oxygen atoms in total. The van der Waals surface area contributed by atoms with Crippen LogP contribution in [-0.2, 0) is 19.0 Å². The van der Waals surface area contributed by atoms with Gasteiger partial charge < -0.3 is 14.8 Å². The van der Waals surface area contributed by atoms with Gasteiger partial charge in [-0.1, -0.05) is 20.8 Å². The van der Waals surface area contributed by atoms with Gasteiger partial charge in [0, 0.05) is 12.5 Å². The molecule has 0 unspecified atom stereocenters. The molecule has 0 fully saturated rings. The lowest BCUT2D eigenvalue weighted by atomic mass is 9.92. The van der Waals surface area contributed by atoms with Gasteiger partial charge in [0.1, 0.15) is 11.5 Å².